The minimum atomic E-state index is -4.97. The van der Waals surface area contributed by atoms with Gasteiger partial charge in [-0.2, -0.15) is 13.2 Å². The Hall–Kier alpha value is -1.12. The summed E-state index contributed by atoms with van der Waals surface area (Å²) in [6, 6.07) is 8.16. The third-order valence-electron chi connectivity index (χ3n) is 2.37. The molecule has 0 bridgehead atoms. The molecule has 0 aliphatic heterocycles. The number of hydrogen-bond acceptors (Lipinski definition) is 2. The number of carbonyl (C=O) groups is 2. The average molecular weight is 296 g/mol. The molecule has 0 N–H and O–H groups in total. The SMILES string of the molecule is CC(=O)C(Cc1ccccc1)C(=O)C(F)(F)F.[Cr+3]. The van der Waals surface area contributed by atoms with Gasteiger partial charge in [-0.05, 0) is 18.9 Å². The van der Waals surface area contributed by atoms with Crippen molar-refractivity contribution < 1.29 is 40.1 Å². The van der Waals surface area contributed by atoms with Crippen molar-refractivity contribution in [2.24, 2.45) is 5.92 Å². The van der Waals surface area contributed by atoms with Gasteiger partial charge >= 0.3 is 23.5 Å². The third kappa shape index (κ3) is 4.63. The molecule has 6 heteroatoms. The number of rotatable bonds is 4. The first-order chi connectivity index (χ1) is 7.82. The zero-order chi connectivity index (χ0) is 13.1. The average Bonchev–Trinajstić information content (AvgIpc) is 2.24. The molecule has 0 aliphatic rings. The second-order valence-corrected chi connectivity index (χ2v) is 3.71. The molecule has 18 heavy (non-hydrogen) atoms. The van der Waals surface area contributed by atoms with Crippen molar-refractivity contribution in [2.45, 2.75) is 19.5 Å². The molecule has 95 valence electrons. The third-order valence-corrected chi connectivity index (χ3v) is 2.37. The second-order valence-electron chi connectivity index (χ2n) is 3.71. The first-order valence-corrected chi connectivity index (χ1v) is 4.98. The summed E-state index contributed by atoms with van der Waals surface area (Å²) in [7, 11) is 0. The number of carbonyl (C=O) groups excluding carboxylic acids is 2. The molecule has 1 unspecified atom stereocenters. The predicted octanol–water partition coefficient (Wildman–Crippen LogP) is 2.56. The number of alkyl halides is 3. The number of benzene rings is 1. The fraction of sp³-hybridized carbons (Fsp3) is 0.333. The maximum atomic E-state index is 12.3. The summed E-state index contributed by atoms with van der Waals surface area (Å²) in [6.07, 6.45) is -5.18. The standard InChI is InChI=1S/C12H11F3O2.Cr/c1-8(16)10(11(17)12(13,14)15)7-9-5-3-2-4-6-9;/h2-6,10H,7H2,1H3;/q;+3. The fourth-order valence-corrected chi connectivity index (χ4v) is 1.47. The van der Waals surface area contributed by atoms with Crippen LogP contribution in [0.15, 0.2) is 30.3 Å². The van der Waals surface area contributed by atoms with Crippen molar-refractivity contribution in [3.63, 3.8) is 0 Å². The minimum Gasteiger partial charge on any atom is -0.299 e. The molecule has 2 nitrogen and oxygen atoms in total. The van der Waals surface area contributed by atoms with E-state index in [1.165, 1.54) is 0 Å². The monoisotopic (exact) mass is 296 g/mol. The zero-order valence-electron chi connectivity index (χ0n) is 9.53. The summed E-state index contributed by atoms with van der Waals surface area (Å²) >= 11 is 0. The Labute approximate surface area is 113 Å². The molecule has 0 saturated heterocycles. The van der Waals surface area contributed by atoms with E-state index in [4.69, 9.17) is 0 Å². The van der Waals surface area contributed by atoms with Gasteiger partial charge in [0.1, 0.15) is 5.78 Å². The Morgan fingerprint density at radius 2 is 1.67 bits per heavy atom. The van der Waals surface area contributed by atoms with E-state index in [2.05, 4.69) is 0 Å². The van der Waals surface area contributed by atoms with Crippen LogP contribution in [-0.2, 0) is 33.4 Å². The molecule has 0 spiro atoms. The van der Waals surface area contributed by atoms with E-state index in [-0.39, 0.29) is 23.8 Å². The van der Waals surface area contributed by atoms with Crippen LogP contribution in [-0.4, -0.2) is 17.7 Å². The van der Waals surface area contributed by atoms with Crippen molar-refractivity contribution in [3.8, 4) is 0 Å². The molecular formula is C12H11CrF3O2+3. The summed E-state index contributed by atoms with van der Waals surface area (Å²) in [5, 5.41) is 0. The van der Waals surface area contributed by atoms with Crippen molar-refractivity contribution in [1.29, 1.82) is 0 Å². The largest absolute Gasteiger partial charge is 3.00 e. The van der Waals surface area contributed by atoms with Gasteiger partial charge in [-0.1, -0.05) is 30.3 Å². The molecule has 1 atom stereocenters. The van der Waals surface area contributed by atoms with E-state index >= 15 is 0 Å². The summed E-state index contributed by atoms with van der Waals surface area (Å²) in [5.41, 5.74) is 0.533. The van der Waals surface area contributed by atoms with Crippen LogP contribution in [0, 0.1) is 5.92 Å². The number of hydrogen-bond donors (Lipinski definition) is 0. The Morgan fingerprint density at radius 1 is 1.17 bits per heavy atom. The molecular weight excluding hydrogens is 285 g/mol. The molecule has 1 aromatic carbocycles. The van der Waals surface area contributed by atoms with Crippen LogP contribution in [0.4, 0.5) is 13.2 Å². The normalized spacial score (nSPS) is 12.4. The van der Waals surface area contributed by atoms with Gasteiger partial charge in [-0.15, -0.1) is 0 Å². The predicted molar refractivity (Wildman–Crippen MR) is 55.4 cm³/mol. The van der Waals surface area contributed by atoms with Gasteiger partial charge in [-0.25, -0.2) is 0 Å². The van der Waals surface area contributed by atoms with Crippen LogP contribution >= 0.6 is 0 Å². The van der Waals surface area contributed by atoms with Crippen LogP contribution in [0.5, 0.6) is 0 Å². The first kappa shape index (κ1) is 16.9. The van der Waals surface area contributed by atoms with Crippen LogP contribution < -0.4 is 0 Å². The van der Waals surface area contributed by atoms with E-state index in [1.54, 1.807) is 30.3 Å². The van der Waals surface area contributed by atoms with Crippen molar-refractivity contribution in [2.75, 3.05) is 0 Å². The van der Waals surface area contributed by atoms with Crippen molar-refractivity contribution in [3.05, 3.63) is 35.9 Å². The summed E-state index contributed by atoms with van der Waals surface area (Å²) in [6.45, 7) is 0.997. The minimum absolute atomic E-state index is 0. The van der Waals surface area contributed by atoms with Crippen molar-refractivity contribution >= 4 is 11.6 Å². The first-order valence-electron chi connectivity index (χ1n) is 4.98. The summed E-state index contributed by atoms with van der Waals surface area (Å²) < 4.78 is 36.8. The molecule has 0 aliphatic carbocycles. The van der Waals surface area contributed by atoms with E-state index in [1.807, 2.05) is 0 Å². The second kappa shape index (κ2) is 6.72. The van der Waals surface area contributed by atoms with Gasteiger partial charge in [0.15, 0.2) is 0 Å². The van der Waals surface area contributed by atoms with Crippen molar-refractivity contribution in [1.82, 2.24) is 0 Å². The number of halogens is 3. The molecule has 0 aromatic heterocycles. The Kier molecular flexibility index (Phi) is 6.30. The van der Waals surface area contributed by atoms with E-state index < -0.39 is 23.7 Å². The quantitative estimate of drug-likeness (QED) is 0.800. The van der Waals surface area contributed by atoms with Gasteiger partial charge in [0, 0.05) is 0 Å². The fourth-order valence-electron chi connectivity index (χ4n) is 1.47. The maximum Gasteiger partial charge on any atom is 3.00 e. The number of ketones is 2. The van der Waals surface area contributed by atoms with Gasteiger partial charge < -0.3 is 0 Å². The van der Waals surface area contributed by atoms with E-state index in [0.717, 1.165) is 6.92 Å². The topological polar surface area (TPSA) is 34.1 Å². The molecule has 1 rings (SSSR count). The Balaban J connectivity index is 0.00000289. The number of Topliss-reactive ketones (excluding diaryl/α,β-unsaturated/α-hetero) is 2. The van der Waals surface area contributed by atoms with Crippen LogP contribution in [0.1, 0.15) is 12.5 Å². The Morgan fingerprint density at radius 3 is 2.06 bits per heavy atom. The van der Waals surface area contributed by atoms with E-state index in [0.29, 0.717) is 5.56 Å². The molecule has 0 heterocycles. The van der Waals surface area contributed by atoms with Gasteiger partial charge in [0.2, 0.25) is 5.78 Å². The van der Waals surface area contributed by atoms with Gasteiger partial charge in [-0.3, -0.25) is 9.59 Å². The van der Waals surface area contributed by atoms with Gasteiger partial charge in [0.05, 0.1) is 5.92 Å². The molecule has 1 radical (unpaired) electrons. The summed E-state index contributed by atoms with van der Waals surface area (Å²) in [4.78, 5) is 22.2. The van der Waals surface area contributed by atoms with Crippen LogP contribution in [0.25, 0.3) is 0 Å². The zero-order valence-corrected chi connectivity index (χ0v) is 10.8. The smallest absolute Gasteiger partial charge is 0.299 e. The summed E-state index contributed by atoms with van der Waals surface area (Å²) in [5.74, 6) is -4.39. The molecule has 0 fully saturated rings. The van der Waals surface area contributed by atoms with Crippen LogP contribution in [0.3, 0.4) is 0 Å². The van der Waals surface area contributed by atoms with Crippen LogP contribution in [0.2, 0.25) is 0 Å². The Bertz CT molecular complexity index is 415. The van der Waals surface area contributed by atoms with Gasteiger partial charge in [0.25, 0.3) is 0 Å². The molecule has 0 amide bonds. The molecule has 1 aromatic rings. The van der Waals surface area contributed by atoms with E-state index in [9.17, 15) is 22.8 Å². The molecule has 0 saturated carbocycles. The maximum absolute atomic E-state index is 12.3.